The summed E-state index contributed by atoms with van der Waals surface area (Å²) in [5, 5.41) is 0. The molecular formula is C18H30O. The minimum atomic E-state index is -0.102. The van der Waals surface area contributed by atoms with Gasteiger partial charge in [0.2, 0.25) is 0 Å². The molecule has 19 heavy (non-hydrogen) atoms. The maximum Gasteiger partial charge on any atom is 0.127 e. The smallest absolute Gasteiger partial charge is 0.127 e. The van der Waals surface area contributed by atoms with Gasteiger partial charge in [0, 0.05) is 5.41 Å². The largest absolute Gasteiger partial charge is 0.303 e. The zero-order valence-corrected chi connectivity index (χ0v) is 13.1. The first-order valence-electron chi connectivity index (χ1n) is 8.10. The Hall–Kier alpha value is -0.590. The number of rotatable bonds is 3. The molecule has 4 atom stereocenters. The van der Waals surface area contributed by atoms with Crippen LogP contribution in [0.5, 0.6) is 0 Å². The molecule has 0 saturated heterocycles. The standard InChI is InChI=1S/C18H30O/c1-14(2)18(11-8-15(3)12-16(18)4)17(13-19)9-6-5-7-10-17/h5-6,13-16H,7-12H2,1-4H3. The second-order valence-electron chi connectivity index (χ2n) is 7.46. The molecule has 0 heterocycles. The van der Waals surface area contributed by atoms with Crippen LogP contribution in [0.2, 0.25) is 0 Å². The molecule has 0 aromatic carbocycles. The van der Waals surface area contributed by atoms with E-state index in [1.807, 2.05) is 0 Å². The lowest BCUT2D eigenvalue weighted by molar-refractivity contribution is -0.142. The van der Waals surface area contributed by atoms with Gasteiger partial charge in [0.15, 0.2) is 0 Å². The van der Waals surface area contributed by atoms with Crippen molar-refractivity contribution in [3.8, 4) is 0 Å². The van der Waals surface area contributed by atoms with Crippen molar-refractivity contribution < 1.29 is 4.79 Å². The van der Waals surface area contributed by atoms with Gasteiger partial charge in [-0.1, -0.05) is 46.3 Å². The number of carbonyl (C=O) groups is 1. The number of hydrogen-bond donors (Lipinski definition) is 0. The van der Waals surface area contributed by atoms with Crippen LogP contribution in [0.25, 0.3) is 0 Å². The Labute approximate surface area is 118 Å². The van der Waals surface area contributed by atoms with Gasteiger partial charge in [-0.25, -0.2) is 0 Å². The van der Waals surface area contributed by atoms with E-state index in [0.717, 1.165) is 25.2 Å². The summed E-state index contributed by atoms with van der Waals surface area (Å²) in [5.41, 5.74) is 0.113. The molecule has 0 radical (unpaired) electrons. The Morgan fingerprint density at radius 1 is 1.21 bits per heavy atom. The minimum Gasteiger partial charge on any atom is -0.303 e. The van der Waals surface area contributed by atoms with Gasteiger partial charge < -0.3 is 4.79 Å². The lowest BCUT2D eigenvalue weighted by atomic mass is 9.45. The van der Waals surface area contributed by atoms with E-state index in [0.29, 0.717) is 11.8 Å². The third-order valence-corrected chi connectivity index (χ3v) is 6.27. The molecule has 1 nitrogen and oxygen atoms in total. The van der Waals surface area contributed by atoms with E-state index in [2.05, 4.69) is 39.8 Å². The molecule has 4 unspecified atom stereocenters. The van der Waals surface area contributed by atoms with E-state index < -0.39 is 0 Å². The maximum absolute atomic E-state index is 12.1. The van der Waals surface area contributed by atoms with Crippen molar-refractivity contribution in [1.29, 1.82) is 0 Å². The number of allylic oxidation sites excluding steroid dienone is 2. The van der Waals surface area contributed by atoms with Crippen LogP contribution >= 0.6 is 0 Å². The quantitative estimate of drug-likeness (QED) is 0.516. The molecule has 0 amide bonds. The van der Waals surface area contributed by atoms with Crippen molar-refractivity contribution in [2.24, 2.45) is 28.6 Å². The van der Waals surface area contributed by atoms with Gasteiger partial charge in [0.1, 0.15) is 6.29 Å². The zero-order chi connectivity index (χ0) is 14.1. The second-order valence-corrected chi connectivity index (χ2v) is 7.46. The average Bonchev–Trinajstić information content (AvgIpc) is 2.39. The van der Waals surface area contributed by atoms with Gasteiger partial charge in [-0.15, -0.1) is 0 Å². The Balaban J connectivity index is 2.43. The van der Waals surface area contributed by atoms with Gasteiger partial charge in [-0.3, -0.25) is 0 Å². The third kappa shape index (κ3) is 2.19. The van der Waals surface area contributed by atoms with Gasteiger partial charge in [-0.2, -0.15) is 0 Å². The first kappa shape index (κ1) is 14.8. The first-order valence-corrected chi connectivity index (χ1v) is 8.10. The summed E-state index contributed by atoms with van der Waals surface area (Å²) >= 11 is 0. The number of carbonyl (C=O) groups excluding carboxylic acids is 1. The molecule has 0 aliphatic heterocycles. The van der Waals surface area contributed by atoms with Crippen LogP contribution < -0.4 is 0 Å². The monoisotopic (exact) mass is 262 g/mol. The summed E-state index contributed by atoms with van der Waals surface area (Å²) in [4.78, 5) is 12.1. The summed E-state index contributed by atoms with van der Waals surface area (Å²) in [5.74, 6) is 2.07. The van der Waals surface area contributed by atoms with Crippen molar-refractivity contribution in [2.75, 3.05) is 0 Å². The molecule has 2 aliphatic rings. The average molecular weight is 262 g/mol. The van der Waals surface area contributed by atoms with Gasteiger partial charge in [0.25, 0.3) is 0 Å². The molecular weight excluding hydrogens is 232 g/mol. The van der Waals surface area contributed by atoms with E-state index in [9.17, 15) is 4.79 Å². The Morgan fingerprint density at radius 3 is 2.42 bits per heavy atom. The van der Waals surface area contributed by atoms with Gasteiger partial charge >= 0.3 is 0 Å². The lowest BCUT2D eigenvalue weighted by Crippen LogP contribution is -2.53. The van der Waals surface area contributed by atoms with E-state index in [4.69, 9.17) is 0 Å². The van der Waals surface area contributed by atoms with E-state index in [1.54, 1.807) is 0 Å². The summed E-state index contributed by atoms with van der Waals surface area (Å²) < 4.78 is 0. The van der Waals surface area contributed by atoms with Crippen LogP contribution in [0.4, 0.5) is 0 Å². The van der Waals surface area contributed by atoms with Crippen LogP contribution in [-0.4, -0.2) is 6.29 Å². The second kappa shape index (κ2) is 5.42. The maximum atomic E-state index is 12.1. The Bertz CT molecular complexity index is 357. The third-order valence-electron chi connectivity index (χ3n) is 6.27. The van der Waals surface area contributed by atoms with Crippen LogP contribution in [0.15, 0.2) is 12.2 Å². The fourth-order valence-corrected chi connectivity index (χ4v) is 5.33. The lowest BCUT2D eigenvalue weighted by Gasteiger charge is -2.58. The van der Waals surface area contributed by atoms with E-state index in [1.165, 1.54) is 25.5 Å². The van der Waals surface area contributed by atoms with Gasteiger partial charge in [-0.05, 0) is 55.3 Å². The van der Waals surface area contributed by atoms with Crippen LogP contribution in [-0.2, 0) is 4.79 Å². The molecule has 1 saturated carbocycles. The highest BCUT2D eigenvalue weighted by atomic mass is 16.1. The number of aldehydes is 1. The molecule has 1 heteroatoms. The topological polar surface area (TPSA) is 17.1 Å². The zero-order valence-electron chi connectivity index (χ0n) is 13.1. The van der Waals surface area contributed by atoms with Crippen molar-refractivity contribution >= 4 is 6.29 Å². The van der Waals surface area contributed by atoms with Crippen molar-refractivity contribution in [1.82, 2.24) is 0 Å². The van der Waals surface area contributed by atoms with E-state index >= 15 is 0 Å². The SMILES string of the molecule is CC1CCC(C(C)C)(C2(C=O)CC=CCC2)C(C)C1. The molecule has 0 aromatic heterocycles. The van der Waals surface area contributed by atoms with Crippen molar-refractivity contribution in [2.45, 2.75) is 66.2 Å². The highest BCUT2D eigenvalue weighted by Gasteiger charge is 2.56. The minimum absolute atomic E-state index is 0.102. The Kier molecular flexibility index (Phi) is 4.23. The molecule has 0 aromatic rings. The molecule has 1 fully saturated rings. The predicted octanol–water partition coefficient (Wildman–Crippen LogP) is 5.01. The van der Waals surface area contributed by atoms with Crippen molar-refractivity contribution in [3.05, 3.63) is 12.2 Å². The molecule has 0 spiro atoms. The normalized spacial score (nSPS) is 43.4. The molecule has 108 valence electrons. The highest BCUT2D eigenvalue weighted by molar-refractivity contribution is 5.62. The summed E-state index contributed by atoms with van der Waals surface area (Å²) in [6.45, 7) is 9.46. The molecule has 0 bridgehead atoms. The summed E-state index contributed by atoms with van der Waals surface area (Å²) in [7, 11) is 0. The van der Waals surface area contributed by atoms with Crippen molar-refractivity contribution in [3.63, 3.8) is 0 Å². The van der Waals surface area contributed by atoms with Crippen LogP contribution in [0.1, 0.15) is 66.2 Å². The first-order chi connectivity index (χ1) is 8.98. The van der Waals surface area contributed by atoms with Gasteiger partial charge in [0.05, 0.1) is 0 Å². The van der Waals surface area contributed by atoms with Crippen LogP contribution in [0, 0.1) is 28.6 Å². The number of hydrogen-bond acceptors (Lipinski definition) is 1. The van der Waals surface area contributed by atoms with Crippen LogP contribution in [0.3, 0.4) is 0 Å². The highest BCUT2D eigenvalue weighted by Crippen LogP contribution is 2.61. The Morgan fingerprint density at radius 2 is 1.95 bits per heavy atom. The summed E-state index contributed by atoms with van der Waals surface area (Å²) in [6.07, 6.45) is 12.8. The fourth-order valence-electron chi connectivity index (χ4n) is 5.33. The molecule has 2 aliphatic carbocycles. The fraction of sp³-hybridized carbons (Fsp3) is 0.833. The molecule has 2 rings (SSSR count). The molecule has 0 N–H and O–H groups in total. The summed E-state index contributed by atoms with van der Waals surface area (Å²) in [6, 6.07) is 0. The van der Waals surface area contributed by atoms with E-state index in [-0.39, 0.29) is 10.8 Å². The predicted molar refractivity (Wildman–Crippen MR) is 80.9 cm³/mol.